The smallest absolute Gasteiger partial charge is 0.165 e. The van der Waals surface area contributed by atoms with E-state index in [1.165, 1.54) is 10.5 Å². The molecule has 61 heavy (non-hydrogen) atoms. The molecule has 0 N–H and O–H groups in total. The van der Waals surface area contributed by atoms with Crippen LogP contribution in [0.4, 0.5) is 0 Å². The molecular formula is C53H35N7S. The number of hydrogen-bond acceptors (Lipinski definition) is 8. The van der Waals surface area contributed by atoms with Crippen molar-refractivity contribution in [1.82, 2.24) is 34.9 Å². The number of nitrogens with zero attached hydrogens (tertiary/aromatic N) is 7. The van der Waals surface area contributed by atoms with Gasteiger partial charge in [0.2, 0.25) is 0 Å². The number of hydrogen-bond donors (Lipinski definition) is 0. The number of pyridine rings is 1. The van der Waals surface area contributed by atoms with E-state index < -0.39 is 0 Å². The molecule has 0 saturated heterocycles. The minimum absolute atomic E-state index is 0.174. The quantitative estimate of drug-likeness (QED) is 0.150. The van der Waals surface area contributed by atoms with Crippen molar-refractivity contribution in [1.29, 1.82) is 0 Å². The Hall–Kier alpha value is -7.68. The lowest BCUT2D eigenvalue weighted by molar-refractivity contribution is 0.884. The summed E-state index contributed by atoms with van der Waals surface area (Å²) in [5.41, 5.74) is 11.1. The van der Waals surface area contributed by atoms with E-state index in [4.69, 9.17) is 29.9 Å². The summed E-state index contributed by atoms with van der Waals surface area (Å²) in [4.78, 5) is 36.0. The summed E-state index contributed by atoms with van der Waals surface area (Å²) in [6.45, 7) is 0. The van der Waals surface area contributed by atoms with Gasteiger partial charge in [0.15, 0.2) is 34.9 Å². The van der Waals surface area contributed by atoms with Gasteiger partial charge in [-0.2, -0.15) is 0 Å². The van der Waals surface area contributed by atoms with Crippen molar-refractivity contribution >= 4 is 17.3 Å². The molecule has 9 aromatic rings. The summed E-state index contributed by atoms with van der Waals surface area (Å²) in [7, 11) is 0. The van der Waals surface area contributed by atoms with Crippen LogP contribution in [0, 0.1) is 0 Å². The van der Waals surface area contributed by atoms with E-state index in [2.05, 4.69) is 77.8 Å². The van der Waals surface area contributed by atoms with Crippen molar-refractivity contribution in [2.75, 3.05) is 0 Å². The SMILES string of the molecule is C1=CC2Sc3c(-c4nc(-c5ccccc5)nc(-c5ccccc5)n4)cccc3C2C=C1c1cccc(-c2nc(-c3ccccc3)nc(-c3cccc(-c4ccccn4)c3)n2)c1. The highest BCUT2D eigenvalue weighted by Gasteiger charge is 2.35. The van der Waals surface area contributed by atoms with E-state index >= 15 is 0 Å². The highest BCUT2D eigenvalue weighted by molar-refractivity contribution is 8.00. The van der Waals surface area contributed by atoms with Gasteiger partial charge in [-0.1, -0.05) is 170 Å². The summed E-state index contributed by atoms with van der Waals surface area (Å²) >= 11 is 1.88. The number of benzene rings is 6. The van der Waals surface area contributed by atoms with Crippen LogP contribution in [-0.2, 0) is 0 Å². The zero-order chi connectivity index (χ0) is 40.5. The topological polar surface area (TPSA) is 90.2 Å². The Morgan fingerprint density at radius 3 is 1.44 bits per heavy atom. The first kappa shape index (κ1) is 36.4. The summed E-state index contributed by atoms with van der Waals surface area (Å²) in [6.07, 6.45) is 8.80. The number of fused-ring (bicyclic) bond motifs is 3. The van der Waals surface area contributed by atoms with Crippen LogP contribution in [-0.4, -0.2) is 40.1 Å². The van der Waals surface area contributed by atoms with Gasteiger partial charge in [-0.25, -0.2) is 29.9 Å². The largest absolute Gasteiger partial charge is 0.256 e. The lowest BCUT2D eigenvalue weighted by Crippen LogP contribution is -2.09. The van der Waals surface area contributed by atoms with Crippen LogP contribution in [0.25, 0.3) is 85.2 Å². The average Bonchev–Trinajstić information content (AvgIpc) is 3.73. The Bertz CT molecular complexity index is 3060. The molecule has 6 aromatic carbocycles. The van der Waals surface area contributed by atoms with Gasteiger partial charge in [0.1, 0.15) is 0 Å². The fraction of sp³-hybridized carbons (Fsp3) is 0.0377. The molecule has 3 aromatic heterocycles. The van der Waals surface area contributed by atoms with Crippen LogP contribution in [0.2, 0.25) is 0 Å². The van der Waals surface area contributed by atoms with Gasteiger partial charge in [0.05, 0.1) is 5.69 Å². The van der Waals surface area contributed by atoms with E-state index in [0.717, 1.165) is 55.8 Å². The Morgan fingerprint density at radius 2 is 0.869 bits per heavy atom. The lowest BCUT2D eigenvalue weighted by atomic mass is 9.86. The Morgan fingerprint density at radius 1 is 0.393 bits per heavy atom. The van der Waals surface area contributed by atoms with E-state index in [1.807, 2.05) is 139 Å². The van der Waals surface area contributed by atoms with Crippen molar-refractivity contribution in [3.8, 4) is 79.6 Å². The van der Waals surface area contributed by atoms with E-state index in [9.17, 15) is 0 Å². The molecule has 0 fully saturated rings. The van der Waals surface area contributed by atoms with E-state index in [1.54, 1.807) is 0 Å². The second-order valence-electron chi connectivity index (χ2n) is 14.9. The molecule has 0 spiro atoms. The maximum Gasteiger partial charge on any atom is 0.165 e. The fourth-order valence-electron chi connectivity index (χ4n) is 7.96. The molecule has 4 heterocycles. The van der Waals surface area contributed by atoms with Gasteiger partial charge in [-0.3, -0.25) is 4.98 Å². The lowest BCUT2D eigenvalue weighted by Gasteiger charge is -2.19. The van der Waals surface area contributed by atoms with E-state index in [0.29, 0.717) is 34.9 Å². The molecule has 0 bridgehead atoms. The first-order valence-corrected chi connectivity index (χ1v) is 21.1. The molecule has 0 saturated carbocycles. The maximum atomic E-state index is 5.09. The third kappa shape index (κ3) is 7.23. The first-order valence-electron chi connectivity index (χ1n) is 20.2. The summed E-state index contributed by atoms with van der Waals surface area (Å²) in [6, 6.07) is 59.5. The number of allylic oxidation sites excluding steroid dienone is 3. The molecule has 2 aliphatic rings. The molecule has 2 unspecified atom stereocenters. The molecule has 11 rings (SSSR count). The summed E-state index contributed by atoms with van der Waals surface area (Å²) in [5, 5.41) is 0.244. The third-order valence-corrected chi connectivity index (χ3v) is 12.4. The molecule has 7 nitrogen and oxygen atoms in total. The molecule has 288 valence electrons. The second-order valence-corrected chi connectivity index (χ2v) is 16.1. The average molecular weight is 802 g/mol. The van der Waals surface area contributed by atoms with Crippen molar-refractivity contribution < 1.29 is 0 Å². The Labute approximate surface area is 357 Å². The molecule has 0 radical (unpaired) electrons. The van der Waals surface area contributed by atoms with E-state index in [-0.39, 0.29) is 11.2 Å². The van der Waals surface area contributed by atoms with Crippen LogP contribution in [0.3, 0.4) is 0 Å². The Balaban J connectivity index is 0.956. The molecule has 1 aliphatic carbocycles. The van der Waals surface area contributed by atoms with Gasteiger partial charge in [0, 0.05) is 61.2 Å². The van der Waals surface area contributed by atoms with Gasteiger partial charge in [0.25, 0.3) is 0 Å². The normalized spacial score (nSPS) is 15.2. The van der Waals surface area contributed by atoms with Crippen LogP contribution in [0.1, 0.15) is 17.0 Å². The van der Waals surface area contributed by atoms with Crippen LogP contribution >= 0.6 is 11.8 Å². The monoisotopic (exact) mass is 801 g/mol. The predicted octanol–water partition coefficient (Wildman–Crippen LogP) is 12.3. The third-order valence-electron chi connectivity index (χ3n) is 11.0. The number of rotatable bonds is 8. The van der Waals surface area contributed by atoms with Gasteiger partial charge < -0.3 is 0 Å². The van der Waals surface area contributed by atoms with Crippen LogP contribution in [0.5, 0.6) is 0 Å². The summed E-state index contributed by atoms with van der Waals surface area (Å²) < 4.78 is 0. The summed E-state index contributed by atoms with van der Waals surface area (Å²) in [5.74, 6) is 3.99. The maximum absolute atomic E-state index is 5.09. The first-order chi connectivity index (χ1) is 30.2. The predicted molar refractivity (Wildman–Crippen MR) is 245 cm³/mol. The second kappa shape index (κ2) is 15.8. The van der Waals surface area contributed by atoms with Crippen LogP contribution in [0.15, 0.2) is 205 Å². The minimum Gasteiger partial charge on any atom is -0.256 e. The molecule has 0 amide bonds. The highest BCUT2D eigenvalue weighted by Crippen LogP contribution is 2.52. The van der Waals surface area contributed by atoms with Crippen molar-refractivity contribution in [2.24, 2.45) is 0 Å². The molecular weight excluding hydrogens is 767 g/mol. The van der Waals surface area contributed by atoms with Gasteiger partial charge in [-0.05, 0) is 41.0 Å². The Kier molecular flexibility index (Phi) is 9.44. The highest BCUT2D eigenvalue weighted by atomic mass is 32.2. The molecule has 8 heteroatoms. The van der Waals surface area contributed by atoms with Crippen molar-refractivity contribution in [3.05, 3.63) is 211 Å². The zero-order valence-electron chi connectivity index (χ0n) is 32.7. The zero-order valence-corrected chi connectivity index (χ0v) is 33.6. The van der Waals surface area contributed by atoms with Crippen molar-refractivity contribution in [2.45, 2.75) is 16.1 Å². The number of thioether (sulfide) groups is 1. The fourth-order valence-corrected chi connectivity index (χ4v) is 9.39. The standard InChI is InChI=1S/C53H35N7S/c1-4-15-34(16-5-1)48-56-51(58-52(57-48)41-24-13-22-39(32-41)45-27-10-11-30-54-45)40-23-12-21-37(31-40)38-28-29-46-44(33-38)42-25-14-26-43(47(42)61-46)53-59-49(35-17-6-2-7-18-35)55-50(60-53)36-19-8-3-9-20-36/h1-33,44,46H. The van der Waals surface area contributed by atoms with Crippen LogP contribution < -0.4 is 0 Å². The van der Waals surface area contributed by atoms with Gasteiger partial charge >= 0.3 is 0 Å². The molecule has 1 aliphatic heterocycles. The molecule has 2 atom stereocenters. The van der Waals surface area contributed by atoms with Gasteiger partial charge in [-0.15, -0.1) is 11.8 Å². The number of aromatic nitrogens is 7. The van der Waals surface area contributed by atoms with Crippen molar-refractivity contribution in [3.63, 3.8) is 0 Å². The minimum atomic E-state index is 0.174.